The van der Waals surface area contributed by atoms with Crippen molar-refractivity contribution in [1.82, 2.24) is 10.2 Å². The number of furan rings is 1. The quantitative estimate of drug-likeness (QED) is 0.929. The van der Waals surface area contributed by atoms with Gasteiger partial charge in [0.1, 0.15) is 11.4 Å². The molecule has 0 aliphatic carbocycles. The van der Waals surface area contributed by atoms with E-state index in [1.54, 1.807) is 6.26 Å². The first kappa shape index (κ1) is 15.9. The molecule has 5 nitrogen and oxygen atoms in total. The second kappa shape index (κ2) is 6.52. The van der Waals surface area contributed by atoms with Crippen LogP contribution >= 0.6 is 0 Å². The number of nitrogens with zero attached hydrogens (tertiary/aromatic N) is 1. The molecule has 21 heavy (non-hydrogen) atoms. The van der Waals surface area contributed by atoms with E-state index in [0.29, 0.717) is 0 Å². The third-order valence-corrected chi connectivity index (χ3v) is 3.75. The maximum absolute atomic E-state index is 11.8. The fraction of sp³-hybridized carbons (Fsp3) is 0.688. The van der Waals surface area contributed by atoms with Crippen molar-refractivity contribution < 1.29 is 13.9 Å². The van der Waals surface area contributed by atoms with E-state index >= 15 is 0 Å². The van der Waals surface area contributed by atoms with Crippen LogP contribution in [-0.4, -0.2) is 35.7 Å². The van der Waals surface area contributed by atoms with Crippen molar-refractivity contribution in [2.45, 2.75) is 58.2 Å². The van der Waals surface area contributed by atoms with Gasteiger partial charge < -0.3 is 14.5 Å². The molecule has 118 valence electrons. The van der Waals surface area contributed by atoms with Gasteiger partial charge in [0.05, 0.1) is 12.3 Å². The highest BCUT2D eigenvalue weighted by Gasteiger charge is 2.26. The van der Waals surface area contributed by atoms with Crippen LogP contribution in [0.25, 0.3) is 0 Å². The fourth-order valence-electron chi connectivity index (χ4n) is 2.61. The predicted molar refractivity (Wildman–Crippen MR) is 81.1 cm³/mol. The van der Waals surface area contributed by atoms with Crippen LogP contribution in [0, 0.1) is 0 Å². The van der Waals surface area contributed by atoms with Crippen molar-refractivity contribution in [3.05, 3.63) is 24.2 Å². The summed E-state index contributed by atoms with van der Waals surface area (Å²) in [4.78, 5) is 14.1. The molecule has 5 heteroatoms. The fourth-order valence-corrected chi connectivity index (χ4v) is 2.61. The first-order valence-corrected chi connectivity index (χ1v) is 7.62. The van der Waals surface area contributed by atoms with Gasteiger partial charge in [-0.25, -0.2) is 4.79 Å². The molecule has 1 N–H and O–H groups in total. The Bertz CT molecular complexity index is 443. The first-order chi connectivity index (χ1) is 9.85. The molecule has 2 rings (SSSR count). The summed E-state index contributed by atoms with van der Waals surface area (Å²) in [5, 5.41) is 2.96. The number of amides is 1. The maximum atomic E-state index is 11.8. The summed E-state index contributed by atoms with van der Waals surface area (Å²) >= 11 is 0. The Morgan fingerprint density at radius 3 is 2.62 bits per heavy atom. The number of alkyl carbamates (subject to hydrolysis) is 1. The Hall–Kier alpha value is -1.49. The van der Waals surface area contributed by atoms with E-state index in [2.05, 4.69) is 17.1 Å². The normalized spacial score (nSPS) is 19.2. The van der Waals surface area contributed by atoms with Gasteiger partial charge in [0, 0.05) is 19.1 Å². The monoisotopic (exact) mass is 294 g/mol. The van der Waals surface area contributed by atoms with E-state index in [0.717, 1.165) is 31.7 Å². The number of ether oxygens (including phenoxy) is 1. The molecule has 1 amide bonds. The third-order valence-electron chi connectivity index (χ3n) is 3.75. The van der Waals surface area contributed by atoms with Crippen molar-refractivity contribution in [3.8, 4) is 0 Å². The number of hydrogen-bond donors (Lipinski definition) is 1. The number of carbonyl (C=O) groups excluding carboxylic acids is 1. The van der Waals surface area contributed by atoms with Gasteiger partial charge in [0.2, 0.25) is 0 Å². The summed E-state index contributed by atoms with van der Waals surface area (Å²) in [6.07, 6.45) is 3.26. The van der Waals surface area contributed by atoms with Crippen molar-refractivity contribution in [2.75, 3.05) is 13.1 Å². The molecule has 1 aliphatic heterocycles. The molecule has 1 atom stereocenters. The zero-order valence-electron chi connectivity index (χ0n) is 13.4. The molecule has 0 spiro atoms. The summed E-state index contributed by atoms with van der Waals surface area (Å²) in [5.41, 5.74) is -0.446. The predicted octanol–water partition coefficient (Wildman–Crippen LogP) is 3.33. The smallest absolute Gasteiger partial charge is 0.407 e. The van der Waals surface area contributed by atoms with Crippen LogP contribution in [0.1, 0.15) is 52.3 Å². The number of rotatable bonds is 3. The number of carbonyl (C=O) groups is 1. The second-order valence-corrected chi connectivity index (χ2v) is 6.65. The van der Waals surface area contributed by atoms with Gasteiger partial charge in [-0.05, 0) is 52.7 Å². The molecule has 1 saturated heterocycles. The highest BCUT2D eigenvalue weighted by Crippen LogP contribution is 2.24. The number of nitrogens with one attached hydrogen (secondary N) is 1. The molecule has 1 fully saturated rings. The van der Waals surface area contributed by atoms with Crippen molar-refractivity contribution in [3.63, 3.8) is 0 Å². The van der Waals surface area contributed by atoms with Gasteiger partial charge in [-0.2, -0.15) is 0 Å². The van der Waals surface area contributed by atoms with Gasteiger partial charge in [-0.1, -0.05) is 0 Å². The lowest BCUT2D eigenvalue weighted by Crippen LogP contribution is -2.46. The van der Waals surface area contributed by atoms with Gasteiger partial charge in [-0.3, -0.25) is 4.90 Å². The molecular weight excluding hydrogens is 268 g/mol. The van der Waals surface area contributed by atoms with Crippen LogP contribution < -0.4 is 5.32 Å². The minimum absolute atomic E-state index is 0.194. The highest BCUT2D eigenvalue weighted by atomic mass is 16.6. The zero-order chi connectivity index (χ0) is 15.5. The maximum Gasteiger partial charge on any atom is 0.407 e. The standard InChI is InChI=1S/C16H26N2O3/c1-12(14-6-5-11-20-14)18-9-7-13(8-10-18)17-15(19)21-16(2,3)4/h5-6,11-13H,7-10H2,1-4H3,(H,17,19)/t12-/m1/s1. The van der Waals surface area contributed by atoms with Gasteiger partial charge in [-0.15, -0.1) is 0 Å². The van der Waals surface area contributed by atoms with Gasteiger partial charge in [0.25, 0.3) is 0 Å². The van der Waals surface area contributed by atoms with Crippen molar-refractivity contribution in [1.29, 1.82) is 0 Å². The molecule has 0 aromatic carbocycles. The topological polar surface area (TPSA) is 54.7 Å². The van der Waals surface area contributed by atoms with Crippen LogP contribution in [0.2, 0.25) is 0 Å². The van der Waals surface area contributed by atoms with Crippen LogP contribution in [0.5, 0.6) is 0 Å². The summed E-state index contributed by atoms with van der Waals surface area (Å²) in [6, 6.07) is 4.40. The molecule has 2 heterocycles. The summed E-state index contributed by atoms with van der Waals surface area (Å²) in [6.45, 7) is 9.67. The van der Waals surface area contributed by atoms with E-state index in [9.17, 15) is 4.79 Å². The Morgan fingerprint density at radius 1 is 1.43 bits per heavy atom. The second-order valence-electron chi connectivity index (χ2n) is 6.65. The molecule has 0 saturated carbocycles. The minimum atomic E-state index is -0.446. The largest absolute Gasteiger partial charge is 0.468 e. The SMILES string of the molecule is C[C@H](c1ccco1)N1CCC(NC(=O)OC(C)(C)C)CC1. The van der Waals surface area contributed by atoms with E-state index in [1.807, 2.05) is 32.9 Å². The Balaban J connectivity index is 1.77. The molecule has 0 bridgehead atoms. The van der Waals surface area contributed by atoms with Crippen LogP contribution in [0.3, 0.4) is 0 Å². The lowest BCUT2D eigenvalue weighted by atomic mass is 10.0. The third kappa shape index (κ3) is 4.77. The van der Waals surface area contributed by atoms with Crippen LogP contribution in [0.15, 0.2) is 22.8 Å². The van der Waals surface area contributed by atoms with E-state index in [1.165, 1.54) is 0 Å². The van der Waals surface area contributed by atoms with E-state index in [-0.39, 0.29) is 18.2 Å². The molecule has 1 aromatic rings. The molecule has 1 aliphatic rings. The van der Waals surface area contributed by atoms with Crippen LogP contribution in [-0.2, 0) is 4.74 Å². The number of piperidine rings is 1. The van der Waals surface area contributed by atoms with Crippen molar-refractivity contribution in [2.24, 2.45) is 0 Å². The lowest BCUT2D eigenvalue weighted by Gasteiger charge is -2.35. The van der Waals surface area contributed by atoms with Crippen molar-refractivity contribution >= 4 is 6.09 Å². The molecular formula is C16H26N2O3. The minimum Gasteiger partial charge on any atom is -0.468 e. The van der Waals surface area contributed by atoms with E-state index in [4.69, 9.17) is 9.15 Å². The lowest BCUT2D eigenvalue weighted by molar-refractivity contribution is 0.0466. The summed E-state index contributed by atoms with van der Waals surface area (Å²) in [7, 11) is 0. The summed E-state index contributed by atoms with van der Waals surface area (Å²) < 4.78 is 10.8. The summed E-state index contributed by atoms with van der Waals surface area (Å²) in [5.74, 6) is 0.994. The molecule has 1 aromatic heterocycles. The number of hydrogen-bond acceptors (Lipinski definition) is 4. The first-order valence-electron chi connectivity index (χ1n) is 7.62. The van der Waals surface area contributed by atoms with Gasteiger partial charge in [0.15, 0.2) is 0 Å². The highest BCUT2D eigenvalue weighted by molar-refractivity contribution is 5.68. The Morgan fingerprint density at radius 2 is 2.10 bits per heavy atom. The van der Waals surface area contributed by atoms with Crippen LogP contribution in [0.4, 0.5) is 4.79 Å². The number of likely N-dealkylation sites (tertiary alicyclic amines) is 1. The Labute approximate surface area is 126 Å². The molecule has 0 radical (unpaired) electrons. The average Bonchev–Trinajstić information content (AvgIpc) is 2.90. The van der Waals surface area contributed by atoms with Gasteiger partial charge >= 0.3 is 6.09 Å². The molecule has 0 unspecified atom stereocenters. The zero-order valence-corrected chi connectivity index (χ0v) is 13.4. The van der Waals surface area contributed by atoms with E-state index < -0.39 is 5.60 Å². The average molecular weight is 294 g/mol. The Kier molecular flexibility index (Phi) is 4.93.